The van der Waals surface area contributed by atoms with Crippen molar-refractivity contribution in [2.24, 2.45) is 0 Å². The van der Waals surface area contributed by atoms with Gasteiger partial charge in [0.2, 0.25) is 11.8 Å². The van der Waals surface area contributed by atoms with Crippen molar-refractivity contribution in [3.05, 3.63) is 30.1 Å². The fourth-order valence-corrected chi connectivity index (χ4v) is 5.51. The van der Waals surface area contributed by atoms with Gasteiger partial charge in [-0.05, 0) is 44.4 Å². The molecule has 7 nitrogen and oxygen atoms in total. The van der Waals surface area contributed by atoms with Gasteiger partial charge >= 0.3 is 0 Å². The lowest BCUT2D eigenvalue weighted by molar-refractivity contribution is -0.127. The van der Waals surface area contributed by atoms with Crippen molar-refractivity contribution in [2.45, 2.75) is 82.1 Å². The van der Waals surface area contributed by atoms with Crippen LogP contribution >= 0.6 is 0 Å². The van der Waals surface area contributed by atoms with Gasteiger partial charge in [0, 0.05) is 56.6 Å². The first-order valence-electron chi connectivity index (χ1n) is 11.5. The zero-order valence-corrected chi connectivity index (χ0v) is 18.1. The van der Waals surface area contributed by atoms with Crippen LogP contribution in [-0.2, 0) is 16.1 Å². The molecular weight excluding hydrogens is 378 g/mol. The minimum absolute atomic E-state index is 0.0393. The smallest absolute Gasteiger partial charge is 0.239 e. The van der Waals surface area contributed by atoms with E-state index in [1.165, 1.54) is 32.1 Å². The monoisotopic (exact) mass is 413 g/mol. The van der Waals surface area contributed by atoms with E-state index in [1.807, 2.05) is 12.1 Å². The lowest BCUT2D eigenvalue weighted by Gasteiger charge is -2.37. The number of likely N-dealkylation sites (N-methyl/N-ethyl adjacent to an activating group) is 1. The van der Waals surface area contributed by atoms with Gasteiger partial charge in [0.1, 0.15) is 6.04 Å². The molecular formula is C23H35N5O2. The summed E-state index contributed by atoms with van der Waals surface area (Å²) >= 11 is 0. The maximum Gasteiger partial charge on any atom is 0.239 e. The molecule has 2 aliphatic heterocycles. The van der Waals surface area contributed by atoms with Gasteiger partial charge in [0.05, 0.1) is 0 Å². The Balaban J connectivity index is 1.31. The molecule has 164 valence electrons. The zero-order valence-electron chi connectivity index (χ0n) is 18.1. The third kappa shape index (κ3) is 4.83. The highest BCUT2D eigenvalue weighted by atomic mass is 16.2. The third-order valence-electron chi connectivity index (χ3n) is 7.25. The lowest BCUT2D eigenvalue weighted by Crippen LogP contribution is -2.53. The van der Waals surface area contributed by atoms with Crippen LogP contribution in [0, 0.1) is 0 Å². The van der Waals surface area contributed by atoms with E-state index in [2.05, 4.69) is 32.5 Å². The van der Waals surface area contributed by atoms with E-state index in [1.54, 1.807) is 12.4 Å². The maximum atomic E-state index is 13.0. The molecule has 2 saturated heterocycles. The number of likely N-dealkylation sites (tertiary alicyclic amines) is 1. The van der Waals surface area contributed by atoms with Crippen LogP contribution in [0.15, 0.2) is 24.5 Å². The van der Waals surface area contributed by atoms with Gasteiger partial charge in [-0.2, -0.15) is 0 Å². The summed E-state index contributed by atoms with van der Waals surface area (Å²) in [5.74, 6) is 0.230. The number of amides is 2. The van der Waals surface area contributed by atoms with Crippen molar-refractivity contribution in [3.8, 4) is 0 Å². The van der Waals surface area contributed by atoms with Crippen molar-refractivity contribution in [2.75, 3.05) is 20.1 Å². The molecule has 30 heavy (non-hydrogen) atoms. The first-order chi connectivity index (χ1) is 14.6. The summed E-state index contributed by atoms with van der Waals surface area (Å²) < 4.78 is 0. The molecule has 7 heteroatoms. The number of carbonyl (C=O) groups excluding carboxylic acids is 2. The molecule has 0 radical (unpaired) electrons. The normalized spacial score (nSPS) is 28.6. The van der Waals surface area contributed by atoms with E-state index in [4.69, 9.17) is 0 Å². The molecule has 0 bridgehead atoms. The van der Waals surface area contributed by atoms with Crippen LogP contribution in [0.1, 0.15) is 56.9 Å². The molecule has 3 heterocycles. The van der Waals surface area contributed by atoms with E-state index < -0.39 is 0 Å². The SMILES string of the molecule is CN1[C@@H](CCC(=O)NCc2cccnc2)CNC(=O)[C@@H]2[C@@H]1CCN2C1CCCCC1. The summed E-state index contributed by atoms with van der Waals surface area (Å²) in [7, 11) is 2.14. The number of nitrogens with zero attached hydrogens (tertiary/aromatic N) is 3. The van der Waals surface area contributed by atoms with Crippen molar-refractivity contribution in [1.82, 2.24) is 25.4 Å². The lowest BCUT2D eigenvalue weighted by atomic mass is 9.93. The standard InChI is InChI=1S/C23H35N5O2/c1-27-19(9-10-21(29)25-15-17-6-5-12-24-14-17)16-26-23(30)22-20(27)11-13-28(22)18-7-3-2-4-8-18/h5-6,12,14,18-20,22H,2-4,7-11,13,15-16H2,1H3,(H,25,29)(H,26,30)/t19-,20-,22-/m0/s1. The van der Waals surface area contributed by atoms with Crippen LogP contribution in [0.5, 0.6) is 0 Å². The Morgan fingerprint density at radius 2 is 2.10 bits per heavy atom. The Morgan fingerprint density at radius 1 is 1.27 bits per heavy atom. The Labute approximate surface area is 179 Å². The van der Waals surface area contributed by atoms with E-state index in [0.29, 0.717) is 25.6 Å². The quantitative estimate of drug-likeness (QED) is 0.742. The molecule has 0 spiro atoms. The Bertz CT molecular complexity index is 722. The van der Waals surface area contributed by atoms with Gasteiger partial charge in [0.25, 0.3) is 0 Å². The number of hydrogen-bond acceptors (Lipinski definition) is 5. The van der Waals surface area contributed by atoms with Crippen LogP contribution in [0.2, 0.25) is 0 Å². The highest BCUT2D eigenvalue weighted by Gasteiger charge is 2.47. The third-order valence-corrected chi connectivity index (χ3v) is 7.25. The molecule has 0 aromatic carbocycles. The van der Waals surface area contributed by atoms with Crippen LogP contribution in [-0.4, -0.2) is 70.9 Å². The second-order valence-electron chi connectivity index (χ2n) is 9.07. The largest absolute Gasteiger partial charge is 0.353 e. The molecule has 3 aliphatic rings. The number of carbonyl (C=O) groups is 2. The molecule has 2 amide bonds. The second kappa shape index (κ2) is 9.88. The summed E-state index contributed by atoms with van der Waals surface area (Å²) in [4.78, 5) is 34.3. The first kappa shape index (κ1) is 21.2. The zero-order chi connectivity index (χ0) is 20.9. The molecule has 3 fully saturated rings. The maximum absolute atomic E-state index is 13.0. The number of hydrogen-bond donors (Lipinski definition) is 2. The predicted molar refractivity (Wildman–Crippen MR) is 116 cm³/mol. The number of fused-ring (bicyclic) bond motifs is 1. The van der Waals surface area contributed by atoms with Crippen LogP contribution in [0.3, 0.4) is 0 Å². The van der Waals surface area contributed by atoms with Crippen LogP contribution < -0.4 is 10.6 Å². The highest BCUT2D eigenvalue weighted by molar-refractivity contribution is 5.83. The van der Waals surface area contributed by atoms with Crippen molar-refractivity contribution >= 4 is 11.8 Å². The average molecular weight is 414 g/mol. The second-order valence-corrected chi connectivity index (χ2v) is 9.07. The minimum Gasteiger partial charge on any atom is -0.353 e. The van der Waals surface area contributed by atoms with E-state index in [-0.39, 0.29) is 29.9 Å². The Hall–Kier alpha value is -1.99. The molecule has 1 saturated carbocycles. The average Bonchev–Trinajstić information content (AvgIpc) is 3.19. The molecule has 3 atom stereocenters. The van der Waals surface area contributed by atoms with E-state index >= 15 is 0 Å². The summed E-state index contributed by atoms with van der Waals surface area (Å²) in [5.41, 5.74) is 1.00. The van der Waals surface area contributed by atoms with Gasteiger partial charge in [-0.25, -0.2) is 0 Å². The Morgan fingerprint density at radius 3 is 2.87 bits per heavy atom. The van der Waals surface area contributed by atoms with Gasteiger partial charge < -0.3 is 10.6 Å². The summed E-state index contributed by atoms with van der Waals surface area (Å²) in [6, 6.07) is 4.79. The molecule has 2 N–H and O–H groups in total. The number of nitrogens with one attached hydrogen (secondary N) is 2. The first-order valence-corrected chi connectivity index (χ1v) is 11.5. The topological polar surface area (TPSA) is 77.6 Å². The summed E-state index contributed by atoms with van der Waals surface area (Å²) in [6.45, 7) is 2.14. The van der Waals surface area contributed by atoms with Gasteiger partial charge in [-0.15, -0.1) is 0 Å². The van der Waals surface area contributed by atoms with Crippen LogP contribution in [0.25, 0.3) is 0 Å². The predicted octanol–water partition coefficient (Wildman–Crippen LogP) is 1.68. The minimum atomic E-state index is -0.0393. The molecule has 0 unspecified atom stereocenters. The number of pyridine rings is 1. The number of aromatic nitrogens is 1. The summed E-state index contributed by atoms with van der Waals surface area (Å²) in [6.07, 6.45) is 12.1. The molecule has 1 aromatic rings. The fraction of sp³-hybridized carbons (Fsp3) is 0.696. The molecule has 1 aliphatic carbocycles. The van der Waals surface area contributed by atoms with Crippen molar-refractivity contribution < 1.29 is 9.59 Å². The van der Waals surface area contributed by atoms with Gasteiger partial charge in [-0.1, -0.05) is 25.3 Å². The van der Waals surface area contributed by atoms with E-state index in [0.717, 1.165) is 24.9 Å². The van der Waals surface area contributed by atoms with Gasteiger partial charge in [-0.3, -0.25) is 24.4 Å². The highest BCUT2D eigenvalue weighted by Crippen LogP contribution is 2.33. The van der Waals surface area contributed by atoms with Crippen molar-refractivity contribution in [3.63, 3.8) is 0 Å². The Kier molecular flexibility index (Phi) is 7.00. The molecule has 1 aromatic heterocycles. The molecule has 4 rings (SSSR count). The fourth-order valence-electron chi connectivity index (χ4n) is 5.51. The van der Waals surface area contributed by atoms with Crippen LogP contribution in [0.4, 0.5) is 0 Å². The van der Waals surface area contributed by atoms with Gasteiger partial charge in [0.15, 0.2) is 0 Å². The number of rotatable bonds is 6. The van der Waals surface area contributed by atoms with Crippen molar-refractivity contribution in [1.29, 1.82) is 0 Å². The van der Waals surface area contributed by atoms with E-state index in [9.17, 15) is 9.59 Å². The summed E-state index contributed by atoms with van der Waals surface area (Å²) in [5, 5.41) is 6.17.